The van der Waals surface area contributed by atoms with Crippen molar-refractivity contribution in [3.63, 3.8) is 0 Å². The number of rotatable bonds is 3. The molecule has 0 aromatic rings. The molecule has 0 spiro atoms. The largest absolute Gasteiger partial charge is 0.406 e. The summed E-state index contributed by atoms with van der Waals surface area (Å²) in [6.45, 7) is -1.32. The lowest BCUT2D eigenvalue weighted by atomic mass is 10.2. The van der Waals surface area contributed by atoms with Gasteiger partial charge in [0.05, 0.1) is 6.04 Å². The van der Waals surface area contributed by atoms with Gasteiger partial charge in [-0.15, -0.1) is 12.3 Å². The van der Waals surface area contributed by atoms with Crippen LogP contribution in [0.3, 0.4) is 0 Å². The number of halogens is 3. The molecule has 0 saturated carbocycles. The number of amides is 1. The minimum absolute atomic E-state index is 0.0684. The van der Waals surface area contributed by atoms with Crippen LogP contribution in [0.4, 0.5) is 13.2 Å². The van der Waals surface area contributed by atoms with Crippen molar-refractivity contribution in [3.05, 3.63) is 0 Å². The molecule has 1 atom stereocenters. The number of terminal acetylenes is 1. The third-order valence-corrected chi connectivity index (χ3v) is 1.45. The maximum Gasteiger partial charge on any atom is 0.406 e. The van der Waals surface area contributed by atoms with Gasteiger partial charge in [0, 0.05) is 13.5 Å². The molecular weight excluding hydrogens is 197 g/mol. The predicted octanol–water partition coefficient (Wildman–Crippen LogP) is 0.358. The molecule has 80 valence electrons. The molecule has 1 amide bonds. The number of hydrogen-bond acceptors (Lipinski definition) is 2. The molecule has 0 aromatic carbocycles. The van der Waals surface area contributed by atoms with Crippen molar-refractivity contribution in [2.24, 2.45) is 5.73 Å². The van der Waals surface area contributed by atoms with Gasteiger partial charge >= 0.3 is 6.18 Å². The second-order valence-electron chi connectivity index (χ2n) is 2.82. The molecule has 0 fully saturated rings. The summed E-state index contributed by atoms with van der Waals surface area (Å²) in [5, 5.41) is 0. The number of hydrogen-bond donors (Lipinski definition) is 1. The van der Waals surface area contributed by atoms with Crippen LogP contribution < -0.4 is 5.73 Å². The molecule has 0 aliphatic rings. The molecule has 0 saturated heterocycles. The van der Waals surface area contributed by atoms with Crippen LogP contribution in [0.25, 0.3) is 0 Å². The van der Waals surface area contributed by atoms with Crippen LogP contribution in [-0.2, 0) is 4.79 Å². The third kappa shape index (κ3) is 4.72. The molecule has 0 heterocycles. The minimum Gasteiger partial charge on any atom is -0.335 e. The number of carbonyl (C=O) groups excluding carboxylic acids is 1. The highest BCUT2D eigenvalue weighted by Gasteiger charge is 2.32. The summed E-state index contributed by atoms with van der Waals surface area (Å²) in [4.78, 5) is 11.6. The maximum absolute atomic E-state index is 11.8. The summed E-state index contributed by atoms with van der Waals surface area (Å²) in [5.74, 6) is 1.31. The first kappa shape index (κ1) is 12.8. The average Bonchev–Trinajstić information content (AvgIpc) is 2.00. The standard InChI is InChI=1S/C8H11F3N2O/c1-3-4-6(12)7(14)13(2)5-8(9,10)11/h1,6H,4-5,12H2,2H3. The predicted molar refractivity (Wildman–Crippen MR) is 45.1 cm³/mol. The molecule has 6 heteroatoms. The fourth-order valence-corrected chi connectivity index (χ4v) is 0.844. The molecule has 0 rings (SSSR count). The van der Waals surface area contributed by atoms with Crippen molar-refractivity contribution < 1.29 is 18.0 Å². The van der Waals surface area contributed by atoms with Gasteiger partial charge in [0.2, 0.25) is 5.91 Å². The summed E-state index contributed by atoms with van der Waals surface area (Å²) in [5.41, 5.74) is 5.25. The van der Waals surface area contributed by atoms with Crippen LogP contribution in [0, 0.1) is 12.3 Å². The molecule has 0 aromatic heterocycles. The van der Waals surface area contributed by atoms with Gasteiger partial charge in [-0.2, -0.15) is 13.2 Å². The van der Waals surface area contributed by atoms with E-state index in [1.54, 1.807) is 0 Å². The summed E-state index contributed by atoms with van der Waals surface area (Å²) in [6.07, 6.45) is 0.387. The maximum atomic E-state index is 11.8. The Balaban J connectivity index is 4.20. The number of likely N-dealkylation sites (N-methyl/N-ethyl adjacent to an activating group) is 1. The van der Waals surface area contributed by atoms with Gasteiger partial charge in [-0.1, -0.05) is 0 Å². The minimum atomic E-state index is -4.42. The molecule has 0 aliphatic heterocycles. The van der Waals surface area contributed by atoms with Crippen LogP contribution in [0.1, 0.15) is 6.42 Å². The van der Waals surface area contributed by atoms with E-state index in [4.69, 9.17) is 12.2 Å². The van der Waals surface area contributed by atoms with Crippen molar-refractivity contribution >= 4 is 5.91 Å². The fourth-order valence-electron chi connectivity index (χ4n) is 0.844. The highest BCUT2D eigenvalue weighted by Crippen LogP contribution is 2.15. The number of nitrogens with zero attached hydrogens (tertiary/aromatic N) is 1. The summed E-state index contributed by atoms with van der Waals surface area (Å²) in [6, 6.07) is -1.06. The van der Waals surface area contributed by atoms with Crippen molar-refractivity contribution in [1.29, 1.82) is 0 Å². The van der Waals surface area contributed by atoms with Gasteiger partial charge < -0.3 is 10.6 Å². The van der Waals surface area contributed by atoms with E-state index >= 15 is 0 Å². The van der Waals surface area contributed by atoms with Crippen LogP contribution in [0.2, 0.25) is 0 Å². The Morgan fingerprint density at radius 2 is 2.14 bits per heavy atom. The van der Waals surface area contributed by atoms with Gasteiger partial charge in [-0.25, -0.2) is 0 Å². The average molecular weight is 208 g/mol. The quantitative estimate of drug-likeness (QED) is 0.680. The highest BCUT2D eigenvalue weighted by atomic mass is 19.4. The zero-order chi connectivity index (χ0) is 11.4. The molecule has 0 radical (unpaired) electrons. The summed E-state index contributed by atoms with van der Waals surface area (Å²) in [7, 11) is 1.03. The molecule has 3 nitrogen and oxygen atoms in total. The first-order chi connectivity index (χ1) is 6.28. The summed E-state index contributed by atoms with van der Waals surface area (Å²) >= 11 is 0. The zero-order valence-corrected chi connectivity index (χ0v) is 7.64. The first-order valence-corrected chi connectivity index (χ1v) is 3.78. The van der Waals surface area contributed by atoms with Gasteiger partial charge in [-0.3, -0.25) is 4.79 Å². The lowest BCUT2D eigenvalue weighted by molar-refractivity contribution is -0.159. The smallest absolute Gasteiger partial charge is 0.335 e. The van der Waals surface area contributed by atoms with E-state index in [1.807, 2.05) is 0 Å². The van der Waals surface area contributed by atoms with E-state index in [2.05, 4.69) is 5.92 Å². The van der Waals surface area contributed by atoms with E-state index in [1.165, 1.54) is 0 Å². The highest BCUT2D eigenvalue weighted by molar-refractivity contribution is 5.81. The van der Waals surface area contributed by atoms with Crippen molar-refractivity contribution in [2.75, 3.05) is 13.6 Å². The second kappa shape index (κ2) is 4.86. The van der Waals surface area contributed by atoms with E-state index in [0.717, 1.165) is 7.05 Å². The van der Waals surface area contributed by atoms with Crippen molar-refractivity contribution in [2.45, 2.75) is 18.6 Å². The molecule has 2 N–H and O–H groups in total. The molecule has 0 aliphatic carbocycles. The van der Waals surface area contributed by atoms with E-state index < -0.39 is 24.7 Å². The Kier molecular flexibility index (Phi) is 4.44. The monoisotopic (exact) mass is 208 g/mol. The first-order valence-electron chi connectivity index (χ1n) is 3.78. The molecular formula is C8H11F3N2O. The van der Waals surface area contributed by atoms with Gasteiger partial charge in [-0.05, 0) is 0 Å². The van der Waals surface area contributed by atoms with Crippen LogP contribution in [0.5, 0.6) is 0 Å². The van der Waals surface area contributed by atoms with Crippen LogP contribution in [0.15, 0.2) is 0 Å². The lowest BCUT2D eigenvalue weighted by Crippen LogP contribution is -2.45. The Labute approximate surface area is 80.1 Å². The van der Waals surface area contributed by atoms with E-state index in [-0.39, 0.29) is 6.42 Å². The molecule has 0 bridgehead atoms. The van der Waals surface area contributed by atoms with Gasteiger partial charge in [0.25, 0.3) is 0 Å². The fraction of sp³-hybridized carbons (Fsp3) is 0.625. The van der Waals surface area contributed by atoms with E-state index in [0.29, 0.717) is 4.90 Å². The number of alkyl halides is 3. The molecule has 1 unspecified atom stereocenters. The SMILES string of the molecule is C#CCC(N)C(=O)N(C)CC(F)(F)F. The zero-order valence-electron chi connectivity index (χ0n) is 7.64. The van der Waals surface area contributed by atoms with Crippen LogP contribution in [-0.4, -0.2) is 36.6 Å². The van der Waals surface area contributed by atoms with Crippen LogP contribution >= 0.6 is 0 Å². The summed E-state index contributed by atoms with van der Waals surface area (Å²) < 4.78 is 35.5. The second-order valence-corrected chi connectivity index (χ2v) is 2.82. The number of nitrogens with two attached hydrogens (primary N) is 1. The Morgan fingerprint density at radius 3 is 2.50 bits per heavy atom. The van der Waals surface area contributed by atoms with E-state index in [9.17, 15) is 18.0 Å². The number of carbonyl (C=O) groups is 1. The van der Waals surface area contributed by atoms with Crippen molar-refractivity contribution in [3.8, 4) is 12.3 Å². The Morgan fingerprint density at radius 1 is 1.64 bits per heavy atom. The van der Waals surface area contributed by atoms with Gasteiger partial charge in [0.1, 0.15) is 6.54 Å². The third-order valence-electron chi connectivity index (χ3n) is 1.45. The molecule has 14 heavy (non-hydrogen) atoms. The Hall–Kier alpha value is -1.22. The topological polar surface area (TPSA) is 46.3 Å². The van der Waals surface area contributed by atoms with Gasteiger partial charge in [0.15, 0.2) is 0 Å². The Bertz CT molecular complexity index is 244. The van der Waals surface area contributed by atoms with Crippen molar-refractivity contribution in [1.82, 2.24) is 4.90 Å². The lowest BCUT2D eigenvalue weighted by Gasteiger charge is -2.21. The normalized spacial score (nSPS) is 13.1.